The number of hydrogen-bond donors (Lipinski definition) is 2. The number of fused-ring (bicyclic) bond motifs is 1. The summed E-state index contributed by atoms with van der Waals surface area (Å²) in [7, 11) is 0. The van der Waals surface area contributed by atoms with Crippen LogP contribution in [-0.2, 0) is 0 Å². The molecule has 88 valence electrons. The molecule has 1 aromatic carbocycles. The van der Waals surface area contributed by atoms with Gasteiger partial charge >= 0.3 is 0 Å². The Labute approximate surface area is 102 Å². The first-order chi connectivity index (χ1) is 7.40. The second-order valence-electron chi connectivity index (χ2n) is 4.93. The van der Waals surface area contributed by atoms with Crippen LogP contribution in [0.5, 0.6) is 0 Å². The van der Waals surface area contributed by atoms with Gasteiger partial charge in [-0.3, -0.25) is 0 Å². The van der Waals surface area contributed by atoms with Gasteiger partial charge in [-0.05, 0) is 39.0 Å². The summed E-state index contributed by atoms with van der Waals surface area (Å²) in [6, 6.07) is 6.03. The Morgan fingerprint density at radius 1 is 1.50 bits per heavy atom. The molecule has 3 N–H and O–H groups in total. The minimum Gasteiger partial charge on any atom is -0.361 e. The molecular formula is C12H18ClN3. The molecule has 4 heteroatoms. The molecule has 0 aromatic heterocycles. The molecule has 16 heavy (non-hydrogen) atoms. The van der Waals surface area contributed by atoms with E-state index in [9.17, 15) is 0 Å². The van der Waals surface area contributed by atoms with E-state index in [1.807, 2.05) is 25.1 Å². The third-order valence-electron chi connectivity index (χ3n) is 2.84. The molecule has 1 aliphatic heterocycles. The van der Waals surface area contributed by atoms with Crippen molar-refractivity contribution in [3.63, 3.8) is 0 Å². The van der Waals surface area contributed by atoms with Crippen LogP contribution in [0.1, 0.15) is 20.8 Å². The third-order valence-corrected chi connectivity index (χ3v) is 3.07. The summed E-state index contributed by atoms with van der Waals surface area (Å²) in [5, 5.41) is 4.23. The fraction of sp³-hybridized carbons (Fsp3) is 0.500. The van der Waals surface area contributed by atoms with Crippen LogP contribution < -0.4 is 16.0 Å². The standard InChI is InChI=1S/C12H18ClN3/c1-8(14)7-16-11-6-9(13)4-5-10(11)15-12(16,2)3/h4-6,8,15H,7,14H2,1-3H3. The van der Waals surface area contributed by atoms with E-state index in [-0.39, 0.29) is 11.7 Å². The average molecular weight is 240 g/mol. The number of rotatable bonds is 2. The summed E-state index contributed by atoms with van der Waals surface area (Å²) in [5.74, 6) is 0. The van der Waals surface area contributed by atoms with Gasteiger partial charge < -0.3 is 16.0 Å². The minimum atomic E-state index is -0.110. The molecule has 0 amide bonds. The summed E-state index contributed by atoms with van der Waals surface area (Å²) in [6.45, 7) is 7.11. The van der Waals surface area contributed by atoms with E-state index in [1.165, 1.54) is 0 Å². The largest absolute Gasteiger partial charge is 0.361 e. The van der Waals surface area contributed by atoms with Crippen molar-refractivity contribution >= 4 is 23.0 Å². The maximum atomic E-state index is 6.03. The molecule has 0 aliphatic carbocycles. The Morgan fingerprint density at radius 3 is 2.81 bits per heavy atom. The maximum absolute atomic E-state index is 6.03. The number of nitrogens with zero attached hydrogens (tertiary/aromatic N) is 1. The summed E-state index contributed by atoms with van der Waals surface area (Å²) in [5.41, 5.74) is 8.03. The van der Waals surface area contributed by atoms with E-state index < -0.39 is 0 Å². The lowest BCUT2D eigenvalue weighted by Crippen LogP contribution is -2.49. The van der Waals surface area contributed by atoms with Crippen LogP contribution in [0, 0.1) is 0 Å². The van der Waals surface area contributed by atoms with Crippen molar-refractivity contribution in [1.82, 2.24) is 0 Å². The van der Waals surface area contributed by atoms with E-state index in [0.717, 1.165) is 22.9 Å². The van der Waals surface area contributed by atoms with Gasteiger partial charge in [-0.1, -0.05) is 11.6 Å². The maximum Gasteiger partial charge on any atom is 0.105 e. The zero-order valence-corrected chi connectivity index (χ0v) is 10.7. The predicted octanol–water partition coefficient (Wildman–Crippen LogP) is 2.66. The summed E-state index contributed by atoms with van der Waals surface area (Å²) < 4.78 is 0. The van der Waals surface area contributed by atoms with E-state index in [0.29, 0.717) is 0 Å². The van der Waals surface area contributed by atoms with Gasteiger partial charge in [-0.2, -0.15) is 0 Å². The van der Waals surface area contributed by atoms with Crippen LogP contribution >= 0.6 is 11.6 Å². The highest BCUT2D eigenvalue weighted by Crippen LogP contribution is 2.40. The minimum absolute atomic E-state index is 0.110. The van der Waals surface area contributed by atoms with Crippen molar-refractivity contribution in [2.75, 3.05) is 16.8 Å². The zero-order chi connectivity index (χ0) is 11.9. The summed E-state index contributed by atoms with van der Waals surface area (Å²) >= 11 is 6.03. The third kappa shape index (κ3) is 1.97. The second kappa shape index (κ2) is 3.82. The van der Waals surface area contributed by atoms with Gasteiger partial charge in [0, 0.05) is 17.6 Å². The predicted molar refractivity (Wildman–Crippen MR) is 70.1 cm³/mol. The molecule has 2 rings (SSSR count). The van der Waals surface area contributed by atoms with Crippen molar-refractivity contribution in [2.24, 2.45) is 5.73 Å². The Kier molecular flexibility index (Phi) is 2.76. The van der Waals surface area contributed by atoms with Crippen molar-refractivity contribution in [3.8, 4) is 0 Å². The lowest BCUT2D eigenvalue weighted by atomic mass is 10.2. The van der Waals surface area contributed by atoms with Gasteiger partial charge in [0.05, 0.1) is 11.4 Å². The summed E-state index contributed by atoms with van der Waals surface area (Å²) in [4.78, 5) is 2.26. The highest BCUT2D eigenvalue weighted by Gasteiger charge is 2.35. The quantitative estimate of drug-likeness (QED) is 0.834. The number of nitrogens with two attached hydrogens (primary N) is 1. The Bertz CT molecular complexity index is 401. The van der Waals surface area contributed by atoms with Gasteiger partial charge in [0.25, 0.3) is 0 Å². The van der Waals surface area contributed by atoms with Crippen LogP contribution in [0.15, 0.2) is 18.2 Å². The van der Waals surface area contributed by atoms with Crippen molar-refractivity contribution < 1.29 is 0 Å². The molecule has 3 nitrogen and oxygen atoms in total. The normalized spacial score (nSPS) is 19.2. The fourth-order valence-corrected chi connectivity index (χ4v) is 2.31. The first-order valence-corrected chi connectivity index (χ1v) is 5.89. The van der Waals surface area contributed by atoms with Gasteiger partial charge in [0.15, 0.2) is 0 Å². The SMILES string of the molecule is CC(N)CN1c2cc(Cl)ccc2NC1(C)C. The van der Waals surface area contributed by atoms with Crippen LogP contribution in [0.2, 0.25) is 5.02 Å². The molecule has 1 heterocycles. The molecule has 0 radical (unpaired) electrons. The number of benzene rings is 1. The topological polar surface area (TPSA) is 41.3 Å². The van der Waals surface area contributed by atoms with E-state index in [2.05, 4.69) is 24.1 Å². The smallest absolute Gasteiger partial charge is 0.105 e. The second-order valence-corrected chi connectivity index (χ2v) is 5.37. The van der Waals surface area contributed by atoms with Crippen molar-refractivity contribution in [2.45, 2.75) is 32.5 Å². The van der Waals surface area contributed by atoms with E-state index in [4.69, 9.17) is 17.3 Å². The number of hydrogen-bond acceptors (Lipinski definition) is 3. The monoisotopic (exact) mass is 239 g/mol. The van der Waals surface area contributed by atoms with Crippen LogP contribution in [0.4, 0.5) is 11.4 Å². The Balaban J connectivity index is 2.39. The van der Waals surface area contributed by atoms with Crippen molar-refractivity contribution in [1.29, 1.82) is 0 Å². The molecule has 1 aromatic rings. The Morgan fingerprint density at radius 2 is 2.19 bits per heavy atom. The fourth-order valence-electron chi connectivity index (χ4n) is 2.15. The molecule has 0 bridgehead atoms. The molecule has 0 spiro atoms. The van der Waals surface area contributed by atoms with Gasteiger partial charge in [-0.15, -0.1) is 0 Å². The Hall–Kier alpha value is -0.930. The molecular weight excluding hydrogens is 222 g/mol. The number of nitrogens with one attached hydrogen (secondary N) is 1. The van der Waals surface area contributed by atoms with E-state index in [1.54, 1.807) is 0 Å². The first kappa shape index (κ1) is 11.6. The van der Waals surface area contributed by atoms with Crippen LogP contribution in [0.3, 0.4) is 0 Å². The highest BCUT2D eigenvalue weighted by atomic mass is 35.5. The highest BCUT2D eigenvalue weighted by molar-refractivity contribution is 6.31. The average Bonchev–Trinajstić information content (AvgIpc) is 2.38. The lowest BCUT2D eigenvalue weighted by molar-refractivity contribution is 0.517. The molecule has 1 aliphatic rings. The van der Waals surface area contributed by atoms with Gasteiger partial charge in [0.1, 0.15) is 5.66 Å². The first-order valence-electron chi connectivity index (χ1n) is 5.51. The molecule has 0 fully saturated rings. The number of anilines is 2. The zero-order valence-electron chi connectivity index (χ0n) is 9.92. The lowest BCUT2D eigenvalue weighted by Gasteiger charge is -2.35. The van der Waals surface area contributed by atoms with Gasteiger partial charge in [0.2, 0.25) is 0 Å². The number of halogens is 1. The van der Waals surface area contributed by atoms with Crippen LogP contribution in [0.25, 0.3) is 0 Å². The summed E-state index contributed by atoms with van der Waals surface area (Å²) in [6.07, 6.45) is 0. The van der Waals surface area contributed by atoms with Crippen molar-refractivity contribution in [3.05, 3.63) is 23.2 Å². The molecule has 0 saturated carbocycles. The molecule has 0 saturated heterocycles. The van der Waals surface area contributed by atoms with E-state index >= 15 is 0 Å². The molecule has 1 unspecified atom stereocenters. The van der Waals surface area contributed by atoms with Gasteiger partial charge in [-0.25, -0.2) is 0 Å². The molecule has 1 atom stereocenters. The van der Waals surface area contributed by atoms with Crippen LogP contribution in [-0.4, -0.2) is 18.2 Å².